The normalized spacial score (nSPS) is 25.2. The highest BCUT2D eigenvalue weighted by Gasteiger charge is 2.32. The molecule has 0 saturated heterocycles. The third kappa shape index (κ3) is 10.1. The molecule has 7 heteroatoms. The molecule has 0 bridgehead atoms. The molecule has 1 aliphatic carbocycles. The lowest BCUT2D eigenvalue weighted by Gasteiger charge is -2.29. The van der Waals surface area contributed by atoms with Gasteiger partial charge in [-0.15, -0.1) is 0 Å². The van der Waals surface area contributed by atoms with Gasteiger partial charge in [0.1, 0.15) is 6.10 Å². The van der Waals surface area contributed by atoms with Crippen LogP contribution in [0.3, 0.4) is 0 Å². The van der Waals surface area contributed by atoms with Crippen molar-refractivity contribution in [1.82, 2.24) is 0 Å². The van der Waals surface area contributed by atoms with Crippen molar-refractivity contribution in [2.24, 2.45) is 5.41 Å². The summed E-state index contributed by atoms with van der Waals surface area (Å²) in [7, 11) is 3.10. The monoisotopic (exact) mass is 548 g/mol. The molecule has 0 radical (unpaired) electrons. The molecule has 3 unspecified atom stereocenters. The topological polar surface area (TPSA) is 83.5 Å². The van der Waals surface area contributed by atoms with Gasteiger partial charge in [-0.05, 0) is 31.9 Å². The van der Waals surface area contributed by atoms with Crippen LogP contribution >= 0.6 is 0 Å². The maximum Gasteiger partial charge on any atom is 0.312 e. The number of aliphatic hydroxyl groups excluding tert-OH is 1. The van der Waals surface area contributed by atoms with E-state index < -0.39 is 42.0 Å². The Hall–Kier alpha value is -3.17. The molecule has 0 aromatic heterocycles. The van der Waals surface area contributed by atoms with E-state index in [9.17, 15) is 9.90 Å². The smallest absolute Gasteiger partial charge is 0.312 e. The van der Waals surface area contributed by atoms with Crippen LogP contribution in [-0.4, -0.2) is 61.9 Å². The molecular weight excluding hydrogens is 508 g/mol. The van der Waals surface area contributed by atoms with Gasteiger partial charge in [0.05, 0.1) is 30.8 Å². The molecule has 2 aromatic rings. The number of ether oxygens (including phenoxy) is 5. The minimum atomic E-state index is -1.01. The van der Waals surface area contributed by atoms with E-state index in [1.807, 2.05) is 60.7 Å². The van der Waals surface area contributed by atoms with Crippen molar-refractivity contribution >= 4 is 5.97 Å². The molecule has 6 atom stereocenters. The van der Waals surface area contributed by atoms with Crippen LogP contribution in [0.2, 0.25) is 0 Å². The Labute approximate surface area is 238 Å². The van der Waals surface area contributed by atoms with Crippen LogP contribution in [0.15, 0.2) is 60.7 Å². The number of hydrogen-bond donors (Lipinski definition) is 1. The van der Waals surface area contributed by atoms with Crippen molar-refractivity contribution in [3.05, 3.63) is 71.8 Å². The van der Waals surface area contributed by atoms with Crippen molar-refractivity contribution in [3.8, 4) is 23.7 Å². The van der Waals surface area contributed by atoms with E-state index in [1.54, 1.807) is 35.0 Å². The summed E-state index contributed by atoms with van der Waals surface area (Å²) in [6, 6.07) is 19.4. The van der Waals surface area contributed by atoms with E-state index in [0.717, 1.165) is 11.1 Å². The number of esters is 1. The highest BCUT2D eigenvalue weighted by atomic mass is 16.6. The fraction of sp³-hybridized carbons (Fsp3) is 0.485. The molecule has 0 heterocycles. The summed E-state index contributed by atoms with van der Waals surface area (Å²) < 4.78 is 29.6. The summed E-state index contributed by atoms with van der Waals surface area (Å²) in [4.78, 5) is 12.8. The van der Waals surface area contributed by atoms with Gasteiger partial charge in [-0.25, -0.2) is 0 Å². The Kier molecular flexibility index (Phi) is 12.2. The Morgan fingerprint density at radius 2 is 1.25 bits per heavy atom. The van der Waals surface area contributed by atoms with Gasteiger partial charge in [-0.3, -0.25) is 4.79 Å². The van der Waals surface area contributed by atoms with E-state index in [0.29, 0.717) is 0 Å². The molecular formula is C33H40O7. The summed E-state index contributed by atoms with van der Waals surface area (Å²) in [6.45, 7) is 5.91. The first kappa shape index (κ1) is 31.4. The summed E-state index contributed by atoms with van der Waals surface area (Å²) in [5, 5.41) is 10.8. The second kappa shape index (κ2) is 15.6. The number of rotatable bonds is 9. The van der Waals surface area contributed by atoms with Crippen LogP contribution in [-0.2, 0) is 41.7 Å². The zero-order valence-electron chi connectivity index (χ0n) is 24.0. The molecule has 0 saturated carbocycles. The Balaban J connectivity index is 1.99. The predicted octanol–water partition coefficient (Wildman–Crippen LogP) is 4.31. The summed E-state index contributed by atoms with van der Waals surface area (Å²) in [5.74, 6) is 11.8. The zero-order valence-corrected chi connectivity index (χ0v) is 24.0. The van der Waals surface area contributed by atoms with Gasteiger partial charge in [0, 0.05) is 27.1 Å². The fourth-order valence-electron chi connectivity index (χ4n) is 4.02. The van der Waals surface area contributed by atoms with Crippen LogP contribution < -0.4 is 0 Å². The molecule has 0 amide bonds. The Morgan fingerprint density at radius 3 is 1.73 bits per heavy atom. The maximum absolute atomic E-state index is 12.8. The van der Waals surface area contributed by atoms with E-state index in [-0.39, 0.29) is 32.0 Å². The van der Waals surface area contributed by atoms with E-state index >= 15 is 0 Å². The Bertz CT molecular complexity index is 1170. The van der Waals surface area contributed by atoms with Crippen molar-refractivity contribution in [2.45, 2.75) is 83.5 Å². The number of methoxy groups -OCH3 is 2. The third-order valence-electron chi connectivity index (χ3n) is 6.38. The molecule has 0 spiro atoms. The second-order valence-electron chi connectivity index (χ2n) is 10.7. The van der Waals surface area contributed by atoms with Crippen molar-refractivity contribution < 1.29 is 33.6 Å². The summed E-state index contributed by atoms with van der Waals surface area (Å²) in [6.07, 6.45) is -3.97. The fourth-order valence-corrected chi connectivity index (χ4v) is 4.02. The van der Waals surface area contributed by atoms with Crippen LogP contribution in [0, 0.1) is 29.1 Å². The first-order valence-corrected chi connectivity index (χ1v) is 13.5. The molecule has 7 nitrogen and oxygen atoms in total. The quantitative estimate of drug-likeness (QED) is 0.369. The van der Waals surface area contributed by atoms with Gasteiger partial charge in [-0.2, -0.15) is 0 Å². The van der Waals surface area contributed by atoms with Crippen LogP contribution in [0.1, 0.15) is 44.7 Å². The maximum atomic E-state index is 12.8. The highest BCUT2D eigenvalue weighted by molar-refractivity contribution is 5.75. The molecule has 3 rings (SSSR count). The minimum absolute atomic E-state index is 0.191. The number of carbonyl (C=O) groups excluding carboxylic acids is 1. The largest absolute Gasteiger partial charge is 0.449 e. The van der Waals surface area contributed by atoms with Crippen molar-refractivity contribution in [3.63, 3.8) is 0 Å². The third-order valence-corrected chi connectivity index (χ3v) is 6.38. The predicted molar refractivity (Wildman–Crippen MR) is 152 cm³/mol. The van der Waals surface area contributed by atoms with E-state index in [4.69, 9.17) is 23.7 Å². The molecule has 1 aliphatic rings. The minimum Gasteiger partial charge on any atom is -0.449 e. The summed E-state index contributed by atoms with van der Waals surface area (Å²) in [5.41, 5.74) is 1.20. The molecule has 40 heavy (non-hydrogen) atoms. The van der Waals surface area contributed by atoms with Gasteiger partial charge < -0.3 is 28.8 Å². The number of carbonyl (C=O) groups is 1. The lowest BCUT2D eigenvalue weighted by molar-refractivity contribution is -0.158. The van der Waals surface area contributed by atoms with Gasteiger partial charge in [0.25, 0.3) is 0 Å². The molecule has 2 aromatic carbocycles. The highest BCUT2D eigenvalue weighted by Crippen LogP contribution is 2.22. The average molecular weight is 549 g/mol. The molecule has 0 aliphatic heterocycles. The molecule has 214 valence electrons. The van der Waals surface area contributed by atoms with Gasteiger partial charge in [0.2, 0.25) is 0 Å². The van der Waals surface area contributed by atoms with Crippen LogP contribution in [0.25, 0.3) is 0 Å². The average Bonchev–Trinajstić information content (AvgIpc) is 2.95. The Morgan fingerprint density at radius 1 is 0.775 bits per heavy atom. The lowest BCUT2D eigenvalue weighted by Crippen LogP contribution is -2.38. The lowest BCUT2D eigenvalue weighted by atomic mass is 9.96. The van der Waals surface area contributed by atoms with E-state index in [1.165, 1.54) is 0 Å². The number of hydrogen-bond acceptors (Lipinski definition) is 7. The van der Waals surface area contributed by atoms with Crippen molar-refractivity contribution in [2.75, 3.05) is 14.2 Å². The first-order valence-electron chi connectivity index (χ1n) is 13.5. The molecule has 0 fully saturated rings. The second-order valence-corrected chi connectivity index (χ2v) is 10.7. The van der Waals surface area contributed by atoms with Gasteiger partial charge >= 0.3 is 5.97 Å². The van der Waals surface area contributed by atoms with E-state index in [2.05, 4.69) is 23.7 Å². The SMILES string of the molecule is COC1CC(O)C#C[C@H](OCc2ccccc2)[C@@H](OCc2ccccc2)C#CC(OC(=O)C(C)(C)C)C[C@@H]1OC. The van der Waals surface area contributed by atoms with Crippen LogP contribution in [0.5, 0.6) is 0 Å². The standard InChI is InChI=1S/C33H40O7/c1-33(2,3)32(35)40-27-17-19-29(39-23-25-14-10-7-11-15-25)28(38-22-24-12-8-6-9-13-24)18-16-26(34)20-30(36-4)31(21-27)37-5/h6-15,26-31,34H,20-23H2,1-5H3/t26?,27?,28-,29-,30?,31-/m0/s1. The zero-order chi connectivity index (χ0) is 29.0. The van der Waals surface area contributed by atoms with Crippen molar-refractivity contribution in [1.29, 1.82) is 0 Å². The number of aliphatic hydroxyl groups is 1. The van der Waals surface area contributed by atoms with Gasteiger partial charge in [-0.1, -0.05) is 84.3 Å². The first-order chi connectivity index (χ1) is 19.2. The summed E-state index contributed by atoms with van der Waals surface area (Å²) >= 11 is 0. The van der Waals surface area contributed by atoms with Gasteiger partial charge in [0.15, 0.2) is 18.3 Å². The molecule has 1 N–H and O–H groups in total. The van der Waals surface area contributed by atoms with Crippen LogP contribution in [0.4, 0.5) is 0 Å². The number of benzene rings is 2.